The SMILES string of the molecule is CC(C)[C@@H](C(=O)N[C@@H](Cc1ccccc1)C[C@H](O)[C@H](Cc1ccccc1)NC(=O)OCc1cncs1)N(C)C(=O)Oc1csc(N2CCOCC2)n1. The highest BCUT2D eigenvalue weighted by Crippen LogP contribution is 2.26. The summed E-state index contributed by atoms with van der Waals surface area (Å²) in [5.74, 6) is -0.509. The van der Waals surface area contributed by atoms with Crippen LogP contribution in [0.5, 0.6) is 5.88 Å². The molecule has 13 nitrogen and oxygen atoms in total. The number of carbonyl (C=O) groups excluding carboxylic acids is 3. The number of morpholine rings is 1. The average molecular weight is 751 g/mol. The lowest BCUT2D eigenvalue weighted by Gasteiger charge is -2.32. The molecule has 3 N–H and O–H groups in total. The van der Waals surface area contributed by atoms with Gasteiger partial charge in [-0.3, -0.25) is 14.7 Å². The number of anilines is 1. The molecule has 1 fully saturated rings. The Balaban J connectivity index is 1.28. The number of aromatic nitrogens is 2. The van der Waals surface area contributed by atoms with Crippen molar-refractivity contribution in [3.63, 3.8) is 0 Å². The summed E-state index contributed by atoms with van der Waals surface area (Å²) in [4.78, 5) is 53.0. The summed E-state index contributed by atoms with van der Waals surface area (Å²) in [7, 11) is 1.53. The zero-order valence-corrected chi connectivity index (χ0v) is 31.2. The van der Waals surface area contributed by atoms with Crippen LogP contribution in [-0.4, -0.2) is 95.6 Å². The van der Waals surface area contributed by atoms with E-state index in [9.17, 15) is 19.5 Å². The first-order chi connectivity index (χ1) is 25.2. The number of alkyl carbamates (subject to hydrolysis) is 1. The van der Waals surface area contributed by atoms with Gasteiger partial charge in [-0.25, -0.2) is 9.59 Å². The van der Waals surface area contributed by atoms with E-state index >= 15 is 0 Å². The van der Waals surface area contributed by atoms with E-state index in [1.54, 1.807) is 17.1 Å². The van der Waals surface area contributed by atoms with E-state index in [0.29, 0.717) is 39.1 Å². The van der Waals surface area contributed by atoms with Gasteiger partial charge in [0.1, 0.15) is 12.6 Å². The Kier molecular flexibility index (Phi) is 14.4. The molecule has 5 rings (SSSR count). The van der Waals surface area contributed by atoms with Crippen LogP contribution in [0.3, 0.4) is 0 Å². The second-order valence-electron chi connectivity index (χ2n) is 12.9. The average Bonchev–Trinajstić information content (AvgIpc) is 3.84. The second-order valence-corrected chi connectivity index (χ2v) is 14.7. The van der Waals surface area contributed by atoms with E-state index in [-0.39, 0.29) is 24.8 Å². The Morgan fingerprint density at radius 3 is 2.29 bits per heavy atom. The van der Waals surface area contributed by atoms with Crippen LogP contribution in [0.4, 0.5) is 14.7 Å². The molecule has 4 atom stereocenters. The summed E-state index contributed by atoms with van der Waals surface area (Å²) >= 11 is 2.75. The summed E-state index contributed by atoms with van der Waals surface area (Å²) in [6, 6.07) is 17.0. The summed E-state index contributed by atoms with van der Waals surface area (Å²) < 4.78 is 16.5. The number of aliphatic hydroxyl groups excluding tert-OH is 1. The summed E-state index contributed by atoms with van der Waals surface area (Å²) in [5.41, 5.74) is 3.52. The molecule has 15 heteroatoms. The minimum atomic E-state index is -1.07. The number of benzene rings is 2. The van der Waals surface area contributed by atoms with Crippen LogP contribution in [0.15, 0.2) is 77.8 Å². The van der Waals surface area contributed by atoms with Crippen LogP contribution in [0, 0.1) is 5.92 Å². The molecule has 52 heavy (non-hydrogen) atoms. The first-order valence-corrected chi connectivity index (χ1v) is 19.0. The number of rotatable bonds is 16. The van der Waals surface area contributed by atoms with Gasteiger partial charge in [0.25, 0.3) is 0 Å². The Morgan fingerprint density at radius 2 is 1.65 bits per heavy atom. The van der Waals surface area contributed by atoms with Crippen molar-refractivity contribution in [1.29, 1.82) is 0 Å². The van der Waals surface area contributed by atoms with Crippen molar-refractivity contribution in [2.24, 2.45) is 5.92 Å². The van der Waals surface area contributed by atoms with Crippen LogP contribution in [0.2, 0.25) is 0 Å². The molecule has 0 saturated carbocycles. The predicted molar refractivity (Wildman–Crippen MR) is 200 cm³/mol. The van der Waals surface area contributed by atoms with Crippen molar-refractivity contribution < 1.29 is 33.7 Å². The van der Waals surface area contributed by atoms with Crippen LogP contribution < -0.4 is 20.3 Å². The molecule has 0 spiro atoms. The van der Waals surface area contributed by atoms with Gasteiger partial charge in [0, 0.05) is 32.4 Å². The van der Waals surface area contributed by atoms with Crippen molar-refractivity contribution in [2.45, 2.75) is 63.9 Å². The van der Waals surface area contributed by atoms with Gasteiger partial charge in [-0.1, -0.05) is 74.5 Å². The third-order valence-electron chi connectivity index (χ3n) is 8.64. The maximum Gasteiger partial charge on any atom is 0.417 e. The van der Waals surface area contributed by atoms with Gasteiger partial charge in [0.2, 0.25) is 11.8 Å². The predicted octanol–water partition coefficient (Wildman–Crippen LogP) is 4.91. The van der Waals surface area contributed by atoms with Crippen molar-refractivity contribution in [3.8, 4) is 5.88 Å². The number of likely N-dealkylation sites (N-methyl/N-ethyl adjacent to an activating group) is 1. The highest BCUT2D eigenvalue weighted by Gasteiger charge is 2.34. The second kappa shape index (κ2) is 19.3. The van der Waals surface area contributed by atoms with Crippen molar-refractivity contribution in [2.75, 3.05) is 38.3 Å². The van der Waals surface area contributed by atoms with Gasteiger partial charge in [-0.05, 0) is 36.3 Å². The van der Waals surface area contributed by atoms with Gasteiger partial charge in [0.15, 0.2) is 5.13 Å². The number of amides is 3. The number of ether oxygens (including phenoxy) is 3. The molecule has 0 radical (unpaired) electrons. The number of hydrogen-bond donors (Lipinski definition) is 3. The highest BCUT2D eigenvalue weighted by atomic mass is 32.1. The van der Waals surface area contributed by atoms with E-state index < -0.39 is 42.3 Å². The van der Waals surface area contributed by atoms with Gasteiger partial charge in [0.05, 0.1) is 41.1 Å². The molecule has 1 aliphatic rings. The molecule has 1 saturated heterocycles. The molecule has 4 aromatic rings. The van der Waals surface area contributed by atoms with Crippen LogP contribution in [-0.2, 0) is 33.7 Å². The molecule has 3 amide bonds. The smallest absolute Gasteiger partial charge is 0.417 e. The molecule has 2 aromatic heterocycles. The van der Waals surface area contributed by atoms with E-state index in [0.717, 1.165) is 21.1 Å². The third-order valence-corrected chi connectivity index (χ3v) is 10.3. The molecular weight excluding hydrogens is 705 g/mol. The lowest BCUT2D eigenvalue weighted by molar-refractivity contribution is -0.127. The van der Waals surface area contributed by atoms with Crippen molar-refractivity contribution in [1.82, 2.24) is 25.5 Å². The minimum Gasteiger partial charge on any atom is -0.444 e. The molecule has 1 aliphatic heterocycles. The standard InChI is InChI=1S/C37H46N6O7S2/c1-25(2)33(42(3)37(47)50-32-23-51-35(41-32)43-14-16-48-17-15-43)34(45)39-28(18-26-10-6-4-7-11-26)20-31(44)30(19-27-12-8-5-9-13-27)40-36(46)49-22-29-21-38-24-52-29/h4-13,21,23-25,28,30-31,33,44H,14-20,22H2,1-3H3,(H,39,45)(H,40,46)/t28-,30-,31-,33-/m0/s1. The Hall–Kier alpha value is -4.57. The van der Waals surface area contributed by atoms with Gasteiger partial charge < -0.3 is 34.9 Å². The number of aliphatic hydroxyl groups is 1. The van der Waals surface area contributed by atoms with Crippen molar-refractivity contribution in [3.05, 3.63) is 93.8 Å². The normalized spacial score (nSPS) is 15.3. The molecule has 2 aromatic carbocycles. The lowest BCUT2D eigenvalue weighted by Crippen LogP contribution is -2.55. The first-order valence-electron chi connectivity index (χ1n) is 17.3. The third kappa shape index (κ3) is 11.5. The number of nitrogens with zero attached hydrogens (tertiary/aromatic N) is 4. The summed E-state index contributed by atoms with van der Waals surface area (Å²) in [5, 5.41) is 20.1. The van der Waals surface area contributed by atoms with Crippen LogP contribution in [0.25, 0.3) is 0 Å². The zero-order chi connectivity index (χ0) is 36.9. The van der Waals surface area contributed by atoms with Crippen LogP contribution >= 0.6 is 22.7 Å². The number of thiazole rings is 2. The summed E-state index contributed by atoms with van der Waals surface area (Å²) in [6.45, 7) is 6.39. The Labute approximate surface area is 311 Å². The summed E-state index contributed by atoms with van der Waals surface area (Å²) in [6.07, 6.45) is 0.0149. The number of hydrogen-bond acceptors (Lipinski definition) is 12. The van der Waals surface area contributed by atoms with Gasteiger partial charge in [-0.15, -0.1) is 22.7 Å². The molecule has 0 aliphatic carbocycles. The number of nitrogens with one attached hydrogen (secondary N) is 2. The van der Waals surface area contributed by atoms with Gasteiger partial charge in [-0.2, -0.15) is 4.98 Å². The molecule has 0 unspecified atom stereocenters. The first kappa shape index (κ1) is 38.7. The maximum absolute atomic E-state index is 14.0. The topological polar surface area (TPSA) is 155 Å². The minimum absolute atomic E-state index is 0.0569. The fourth-order valence-corrected chi connectivity index (χ4v) is 7.31. The van der Waals surface area contributed by atoms with E-state index in [2.05, 4.69) is 25.5 Å². The van der Waals surface area contributed by atoms with E-state index in [1.807, 2.05) is 74.5 Å². The lowest BCUT2D eigenvalue weighted by atomic mass is 9.93. The van der Waals surface area contributed by atoms with E-state index in [1.165, 1.54) is 34.6 Å². The van der Waals surface area contributed by atoms with Crippen molar-refractivity contribution >= 4 is 45.9 Å². The molecular formula is C37H46N6O7S2. The zero-order valence-electron chi connectivity index (χ0n) is 29.6. The molecule has 0 bridgehead atoms. The fourth-order valence-electron chi connectivity index (χ4n) is 6.03. The molecule has 278 valence electrons. The Morgan fingerprint density at radius 1 is 0.981 bits per heavy atom. The maximum atomic E-state index is 14.0. The number of carbonyl (C=O) groups is 3. The fraction of sp³-hybridized carbons (Fsp3) is 0.432. The molecule has 3 heterocycles. The highest BCUT2D eigenvalue weighted by molar-refractivity contribution is 7.13. The van der Waals surface area contributed by atoms with Gasteiger partial charge >= 0.3 is 12.2 Å². The van der Waals surface area contributed by atoms with E-state index in [4.69, 9.17) is 14.2 Å². The van der Waals surface area contributed by atoms with Crippen LogP contribution in [0.1, 0.15) is 36.3 Å². The Bertz CT molecular complexity index is 1690. The monoisotopic (exact) mass is 750 g/mol. The largest absolute Gasteiger partial charge is 0.444 e. The quantitative estimate of drug-likeness (QED) is 0.144.